The van der Waals surface area contributed by atoms with Gasteiger partial charge in [-0.25, -0.2) is 9.69 Å². The highest BCUT2D eigenvalue weighted by Gasteiger charge is 2.51. The highest BCUT2D eigenvalue weighted by atomic mass is 16.5. The summed E-state index contributed by atoms with van der Waals surface area (Å²) in [5.74, 6) is 2.19. The molecule has 4 saturated carbocycles. The van der Waals surface area contributed by atoms with E-state index < -0.39 is 17.8 Å². The molecule has 4 aliphatic carbocycles. The molecule has 1 aliphatic heterocycles. The molecule has 40 heavy (non-hydrogen) atoms. The molecule has 0 aromatic heterocycles. The number of hydrogen-bond donors (Lipinski definition) is 1. The molecule has 1 saturated heterocycles. The van der Waals surface area contributed by atoms with Gasteiger partial charge in [-0.05, 0) is 117 Å². The van der Waals surface area contributed by atoms with Crippen LogP contribution in [0.15, 0.2) is 54.6 Å². The molecular formula is C33H36N2O5. The Morgan fingerprint density at radius 1 is 1.02 bits per heavy atom. The van der Waals surface area contributed by atoms with Crippen LogP contribution in [-0.4, -0.2) is 31.6 Å². The van der Waals surface area contributed by atoms with Crippen LogP contribution < -0.4 is 19.7 Å². The van der Waals surface area contributed by atoms with Crippen molar-refractivity contribution in [3.8, 4) is 11.5 Å². The highest BCUT2D eigenvalue weighted by Crippen LogP contribution is 2.60. The van der Waals surface area contributed by atoms with E-state index in [0.29, 0.717) is 35.8 Å². The molecule has 7 nitrogen and oxygen atoms in total. The lowest BCUT2D eigenvalue weighted by Gasteiger charge is -2.57. The number of hydrogen-bond acceptors (Lipinski definition) is 5. The summed E-state index contributed by atoms with van der Waals surface area (Å²) in [6.45, 7) is 6.10. The predicted octanol–water partition coefficient (Wildman–Crippen LogP) is 5.96. The third kappa shape index (κ3) is 4.51. The maximum Gasteiger partial charge on any atom is 0.335 e. The molecule has 0 atom stereocenters. The summed E-state index contributed by atoms with van der Waals surface area (Å²) < 4.78 is 11.3. The Balaban J connectivity index is 1.30. The molecule has 208 valence electrons. The Morgan fingerprint density at radius 2 is 1.68 bits per heavy atom. The summed E-state index contributed by atoms with van der Waals surface area (Å²) in [6.07, 6.45) is 11.6. The SMILES string of the molecule is C=CCc1cc(/C=C2\C(=O)NC(=O)N(c3ccc(C45CC6CC(CC(C6)C4)C5)cc3)C2=O)cc(OCC)c1OC. The van der Waals surface area contributed by atoms with Crippen LogP contribution in [0.5, 0.6) is 11.5 Å². The van der Waals surface area contributed by atoms with Gasteiger partial charge in [0.25, 0.3) is 11.8 Å². The molecule has 0 unspecified atom stereocenters. The van der Waals surface area contributed by atoms with E-state index in [2.05, 4.69) is 24.0 Å². The van der Waals surface area contributed by atoms with Crippen molar-refractivity contribution in [1.82, 2.24) is 5.32 Å². The van der Waals surface area contributed by atoms with Crippen LogP contribution in [0.1, 0.15) is 62.1 Å². The number of rotatable bonds is 8. The summed E-state index contributed by atoms with van der Waals surface area (Å²) in [6, 6.07) is 10.7. The van der Waals surface area contributed by atoms with Gasteiger partial charge >= 0.3 is 6.03 Å². The zero-order valence-electron chi connectivity index (χ0n) is 23.2. The summed E-state index contributed by atoms with van der Waals surface area (Å²) in [5, 5.41) is 2.34. The fourth-order valence-corrected chi connectivity index (χ4v) is 8.06. The van der Waals surface area contributed by atoms with E-state index in [-0.39, 0.29) is 11.0 Å². The fourth-order valence-electron chi connectivity index (χ4n) is 8.06. The number of amides is 4. The van der Waals surface area contributed by atoms with Gasteiger partial charge in [-0.15, -0.1) is 6.58 Å². The normalized spacial score (nSPS) is 28.1. The van der Waals surface area contributed by atoms with Gasteiger partial charge in [0.05, 0.1) is 19.4 Å². The van der Waals surface area contributed by atoms with E-state index >= 15 is 0 Å². The number of urea groups is 1. The summed E-state index contributed by atoms with van der Waals surface area (Å²) in [5.41, 5.74) is 3.26. The molecule has 4 amide bonds. The van der Waals surface area contributed by atoms with Gasteiger partial charge in [0.15, 0.2) is 11.5 Å². The van der Waals surface area contributed by atoms with Crippen molar-refractivity contribution in [1.29, 1.82) is 0 Å². The first-order chi connectivity index (χ1) is 19.3. The lowest BCUT2D eigenvalue weighted by atomic mass is 9.48. The zero-order chi connectivity index (χ0) is 28.0. The number of allylic oxidation sites excluding steroid dienone is 1. The van der Waals surface area contributed by atoms with E-state index in [1.165, 1.54) is 50.2 Å². The quantitative estimate of drug-likeness (QED) is 0.254. The second-order valence-electron chi connectivity index (χ2n) is 11.8. The van der Waals surface area contributed by atoms with E-state index in [0.717, 1.165) is 28.2 Å². The topological polar surface area (TPSA) is 84.9 Å². The smallest absolute Gasteiger partial charge is 0.335 e. The van der Waals surface area contributed by atoms with Crippen LogP contribution >= 0.6 is 0 Å². The van der Waals surface area contributed by atoms with E-state index in [4.69, 9.17) is 9.47 Å². The number of ether oxygens (including phenoxy) is 2. The van der Waals surface area contributed by atoms with Crippen LogP contribution in [0.25, 0.3) is 6.08 Å². The number of imide groups is 2. The number of anilines is 1. The molecule has 5 fully saturated rings. The Labute approximate surface area is 235 Å². The maximum atomic E-state index is 13.6. The first-order valence-corrected chi connectivity index (χ1v) is 14.3. The molecule has 7 rings (SSSR count). The third-order valence-corrected chi connectivity index (χ3v) is 9.21. The minimum Gasteiger partial charge on any atom is -0.493 e. The third-order valence-electron chi connectivity index (χ3n) is 9.21. The van der Waals surface area contributed by atoms with E-state index in [1.54, 1.807) is 19.3 Å². The number of methoxy groups -OCH3 is 1. The van der Waals surface area contributed by atoms with Gasteiger partial charge in [-0.2, -0.15) is 0 Å². The van der Waals surface area contributed by atoms with Crippen molar-refractivity contribution in [2.24, 2.45) is 17.8 Å². The minimum atomic E-state index is -0.744. The Morgan fingerprint density at radius 3 is 2.25 bits per heavy atom. The Bertz CT molecular complexity index is 1370. The Kier molecular flexibility index (Phi) is 6.77. The minimum absolute atomic E-state index is 0.123. The highest BCUT2D eigenvalue weighted by molar-refractivity contribution is 6.39. The monoisotopic (exact) mass is 540 g/mol. The van der Waals surface area contributed by atoms with Gasteiger partial charge in [-0.1, -0.05) is 18.2 Å². The zero-order valence-corrected chi connectivity index (χ0v) is 23.2. The van der Waals surface area contributed by atoms with Crippen molar-refractivity contribution in [2.45, 2.75) is 57.3 Å². The second-order valence-corrected chi connectivity index (χ2v) is 11.8. The number of benzene rings is 2. The number of nitrogens with zero attached hydrogens (tertiary/aromatic N) is 1. The first kappa shape index (κ1) is 26.4. The lowest BCUT2D eigenvalue weighted by Crippen LogP contribution is -2.54. The molecule has 1 N–H and O–H groups in total. The van der Waals surface area contributed by atoms with Crippen LogP contribution in [0.4, 0.5) is 10.5 Å². The van der Waals surface area contributed by atoms with Crippen molar-refractivity contribution < 1.29 is 23.9 Å². The molecule has 5 aliphatic rings. The molecule has 1 heterocycles. The average Bonchev–Trinajstić information content (AvgIpc) is 2.91. The molecule has 2 aromatic rings. The van der Waals surface area contributed by atoms with Crippen LogP contribution in [-0.2, 0) is 21.4 Å². The largest absolute Gasteiger partial charge is 0.493 e. The average molecular weight is 541 g/mol. The van der Waals surface area contributed by atoms with Crippen molar-refractivity contribution in [3.05, 3.63) is 71.3 Å². The molecule has 0 radical (unpaired) electrons. The summed E-state index contributed by atoms with van der Waals surface area (Å²) in [4.78, 5) is 40.4. The molecule has 4 bridgehead atoms. The van der Waals surface area contributed by atoms with E-state index in [9.17, 15) is 14.4 Å². The molecule has 2 aromatic carbocycles. The van der Waals surface area contributed by atoms with Crippen molar-refractivity contribution in [3.63, 3.8) is 0 Å². The van der Waals surface area contributed by atoms with Crippen molar-refractivity contribution >= 4 is 29.6 Å². The number of barbiturate groups is 1. The summed E-state index contributed by atoms with van der Waals surface area (Å²) in [7, 11) is 1.57. The predicted molar refractivity (Wildman–Crippen MR) is 153 cm³/mol. The van der Waals surface area contributed by atoms with E-state index in [1.807, 2.05) is 25.1 Å². The molecule has 7 heteroatoms. The standard InChI is InChI=1S/C33H36N2O5/c1-4-6-24-14-20(16-28(40-5-2)29(24)39-3)15-27-30(36)34-32(38)35(31(27)37)26-9-7-25(8-10-26)33-17-21-11-22(18-33)13-23(12-21)19-33/h4,7-10,14-16,21-23H,1,5-6,11-13,17-19H2,2-3H3,(H,34,36,38)/b27-15+. The number of carbonyl (C=O) groups excluding carboxylic acids is 3. The Hall–Kier alpha value is -3.87. The van der Waals surface area contributed by atoms with Gasteiger partial charge in [-0.3, -0.25) is 14.9 Å². The van der Waals surface area contributed by atoms with Crippen molar-refractivity contribution in [2.75, 3.05) is 18.6 Å². The van der Waals surface area contributed by atoms with Gasteiger partial charge in [0.2, 0.25) is 0 Å². The van der Waals surface area contributed by atoms with Gasteiger partial charge in [0.1, 0.15) is 5.57 Å². The fraction of sp³-hybridized carbons (Fsp3) is 0.424. The van der Waals surface area contributed by atoms with Crippen LogP contribution in [0, 0.1) is 17.8 Å². The molecular weight excluding hydrogens is 504 g/mol. The van der Waals surface area contributed by atoms with Gasteiger partial charge < -0.3 is 9.47 Å². The summed E-state index contributed by atoms with van der Waals surface area (Å²) >= 11 is 0. The maximum absolute atomic E-state index is 13.6. The lowest BCUT2D eigenvalue weighted by molar-refractivity contribution is -0.122. The van der Waals surface area contributed by atoms with Crippen LogP contribution in [0.3, 0.4) is 0 Å². The van der Waals surface area contributed by atoms with Gasteiger partial charge in [0, 0.05) is 5.56 Å². The molecule has 0 spiro atoms. The number of carbonyl (C=O) groups is 3. The van der Waals surface area contributed by atoms with Crippen LogP contribution in [0.2, 0.25) is 0 Å². The first-order valence-electron chi connectivity index (χ1n) is 14.3. The second kappa shape index (κ2) is 10.3. The number of nitrogens with one attached hydrogen (secondary N) is 1.